The Hall–Kier alpha value is -1.09. The summed E-state index contributed by atoms with van der Waals surface area (Å²) in [5.74, 6) is 0.667. The van der Waals surface area contributed by atoms with E-state index in [-0.39, 0.29) is 21.5 Å². The van der Waals surface area contributed by atoms with Crippen molar-refractivity contribution in [3.8, 4) is 6.07 Å². The minimum Gasteiger partial charge on any atom is -0.208 e. The largest absolute Gasteiger partial charge is 0.240 e. The summed E-state index contributed by atoms with van der Waals surface area (Å²) in [5, 5.41) is 8.96. The number of nitrogens with zero attached hydrogens (tertiary/aromatic N) is 1. The van der Waals surface area contributed by atoms with Gasteiger partial charge in [-0.3, -0.25) is 0 Å². The fourth-order valence-corrected chi connectivity index (χ4v) is 4.04. The molecule has 6 heteroatoms. The van der Waals surface area contributed by atoms with E-state index in [1.807, 2.05) is 6.07 Å². The summed E-state index contributed by atoms with van der Waals surface area (Å²) in [6.45, 7) is 2.19. The molecule has 0 radical (unpaired) electrons. The van der Waals surface area contributed by atoms with Crippen LogP contribution in [0.1, 0.15) is 38.2 Å². The van der Waals surface area contributed by atoms with E-state index in [1.54, 1.807) is 0 Å². The zero-order valence-corrected chi connectivity index (χ0v) is 12.8. The Kier molecular flexibility index (Phi) is 4.69. The Bertz CT molecular complexity index is 629. The molecule has 108 valence electrons. The first-order valence-corrected chi connectivity index (χ1v) is 8.50. The molecule has 0 bridgehead atoms. The number of halogens is 1. The molecule has 1 fully saturated rings. The number of hydrogen-bond acceptors (Lipinski definition) is 3. The smallest absolute Gasteiger partial charge is 0.208 e. The molecule has 1 saturated carbocycles. The van der Waals surface area contributed by atoms with Crippen molar-refractivity contribution < 1.29 is 8.42 Å². The first-order chi connectivity index (χ1) is 9.42. The molecule has 0 amide bonds. The van der Waals surface area contributed by atoms with E-state index < -0.39 is 10.0 Å². The molecule has 1 aliphatic rings. The summed E-state index contributed by atoms with van der Waals surface area (Å²) in [6, 6.07) is 6.08. The van der Waals surface area contributed by atoms with Gasteiger partial charge in [0.1, 0.15) is 6.07 Å². The number of benzene rings is 1. The monoisotopic (exact) mass is 312 g/mol. The number of sulfonamides is 1. The second kappa shape index (κ2) is 6.13. The van der Waals surface area contributed by atoms with Gasteiger partial charge in [-0.15, -0.1) is 0 Å². The van der Waals surface area contributed by atoms with Crippen LogP contribution in [0.2, 0.25) is 5.02 Å². The highest BCUT2D eigenvalue weighted by molar-refractivity contribution is 7.89. The quantitative estimate of drug-likeness (QED) is 0.932. The van der Waals surface area contributed by atoms with Crippen molar-refractivity contribution >= 4 is 21.6 Å². The van der Waals surface area contributed by atoms with Crippen LogP contribution in [0, 0.1) is 17.2 Å². The topological polar surface area (TPSA) is 70.0 Å². The van der Waals surface area contributed by atoms with Crippen molar-refractivity contribution in [3.63, 3.8) is 0 Å². The molecule has 1 N–H and O–H groups in total. The molecule has 0 aromatic heterocycles. The predicted molar refractivity (Wildman–Crippen MR) is 77.9 cm³/mol. The second-order valence-corrected chi connectivity index (χ2v) is 7.45. The van der Waals surface area contributed by atoms with E-state index in [4.69, 9.17) is 16.9 Å². The van der Waals surface area contributed by atoms with Crippen molar-refractivity contribution in [2.24, 2.45) is 5.92 Å². The highest BCUT2D eigenvalue weighted by Crippen LogP contribution is 2.25. The lowest BCUT2D eigenvalue weighted by Gasteiger charge is -2.26. The molecule has 0 atom stereocenters. The lowest BCUT2D eigenvalue weighted by atomic mass is 9.88. The highest BCUT2D eigenvalue weighted by Gasteiger charge is 2.24. The molecule has 2 rings (SSSR count). The van der Waals surface area contributed by atoms with Gasteiger partial charge in [-0.2, -0.15) is 5.26 Å². The van der Waals surface area contributed by atoms with E-state index in [0.717, 1.165) is 25.7 Å². The minimum atomic E-state index is -3.57. The van der Waals surface area contributed by atoms with E-state index >= 15 is 0 Å². The molecular weight excluding hydrogens is 296 g/mol. The molecule has 20 heavy (non-hydrogen) atoms. The Morgan fingerprint density at radius 3 is 2.50 bits per heavy atom. The van der Waals surface area contributed by atoms with Gasteiger partial charge in [0.05, 0.1) is 15.5 Å². The van der Waals surface area contributed by atoms with Crippen LogP contribution in [0.4, 0.5) is 0 Å². The first kappa shape index (κ1) is 15.3. The van der Waals surface area contributed by atoms with Crippen molar-refractivity contribution in [1.82, 2.24) is 4.72 Å². The third-order valence-electron chi connectivity index (χ3n) is 3.71. The number of nitrogens with one attached hydrogen (secondary N) is 1. The van der Waals surface area contributed by atoms with Crippen LogP contribution in [-0.2, 0) is 10.0 Å². The van der Waals surface area contributed by atoms with E-state index in [2.05, 4.69) is 11.6 Å². The molecule has 0 saturated heterocycles. The number of hydrogen-bond donors (Lipinski definition) is 1. The average molecular weight is 313 g/mol. The van der Waals surface area contributed by atoms with Gasteiger partial charge >= 0.3 is 0 Å². The maximum atomic E-state index is 12.3. The summed E-state index contributed by atoms with van der Waals surface area (Å²) in [7, 11) is -3.57. The average Bonchev–Trinajstić information content (AvgIpc) is 2.41. The second-order valence-electron chi connectivity index (χ2n) is 5.33. The Morgan fingerprint density at radius 2 is 1.95 bits per heavy atom. The van der Waals surface area contributed by atoms with Gasteiger partial charge in [-0.25, -0.2) is 13.1 Å². The number of rotatable bonds is 3. The van der Waals surface area contributed by atoms with Gasteiger partial charge in [0, 0.05) is 6.04 Å². The molecule has 0 heterocycles. The molecule has 1 aliphatic carbocycles. The maximum Gasteiger partial charge on any atom is 0.240 e. The number of nitriles is 1. The molecular formula is C14H17ClN2O2S. The van der Waals surface area contributed by atoms with Gasteiger partial charge < -0.3 is 0 Å². The predicted octanol–water partition coefficient (Wildman–Crippen LogP) is 3.07. The van der Waals surface area contributed by atoms with Crippen LogP contribution in [-0.4, -0.2) is 14.5 Å². The first-order valence-electron chi connectivity index (χ1n) is 6.64. The van der Waals surface area contributed by atoms with E-state index in [9.17, 15) is 8.42 Å². The van der Waals surface area contributed by atoms with E-state index in [0.29, 0.717) is 5.92 Å². The Balaban J connectivity index is 2.14. The fraction of sp³-hybridized carbons (Fsp3) is 0.500. The third kappa shape index (κ3) is 3.51. The Morgan fingerprint density at radius 1 is 1.30 bits per heavy atom. The third-order valence-corrected chi connectivity index (χ3v) is 5.54. The molecule has 0 unspecified atom stereocenters. The zero-order valence-electron chi connectivity index (χ0n) is 11.3. The summed E-state index contributed by atoms with van der Waals surface area (Å²) in [6.07, 6.45) is 3.82. The normalized spacial score (nSPS) is 23.2. The molecule has 0 aliphatic heterocycles. The summed E-state index contributed by atoms with van der Waals surface area (Å²) in [5.41, 5.74) is 0.275. The van der Waals surface area contributed by atoms with Crippen LogP contribution in [0.3, 0.4) is 0 Å². The lowest BCUT2D eigenvalue weighted by molar-refractivity contribution is 0.332. The Labute approximate surface area is 124 Å². The van der Waals surface area contributed by atoms with Gasteiger partial charge in [-0.1, -0.05) is 18.5 Å². The van der Waals surface area contributed by atoms with E-state index in [1.165, 1.54) is 18.2 Å². The summed E-state index contributed by atoms with van der Waals surface area (Å²) in [4.78, 5) is 0.111. The maximum absolute atomic E-state index is 12.3. The van der Waals surface area contributed by atoms with Gasteiger partial charge in [0.2, 0.25) is 10.0 Å². The van der Waals surface area contributed by atoms with Crippen LogP contribution in [0.15, 0.2) is 23.1 Å². The standard InChI is InChI=1S/C14H17ClN2O2S/c1-10-2-5-12(6-3-10)17-20(18,19)13-7-4-11(9-16)14(15)8-13/h4,7-8,10,12,17H,2-3,5-6H2,1H3. The van der Waals surface area contributed by atoms with Crippen LogP contribution < -0.4 is 4.72 Å². The van der Waals surface area contributed by atoms with Crippen LogP contribution >= 0.6 is 11.6 Å². The molecule has 0 spiro atoms. The lowest BCUT2D eigenvalue weighted by Crippen LogP contribution is -2.37. The van der Waals surface area contributed by atoms with Gasteiger partial charge in [0.25, 0.3) is 0 Å². The zero-order chi connectivity index (χ0) is 14.8. The van der Waals surface area contributed by atoms with Crippen molar-refractivity contribution in [2.45, 2.75) is 43.5 Å². The summed E-state index contributed by atoms with van der Waals surface area (Å²) >= 11 is 5.88. The molecule has 4 nitrogen and oxygen atoms in total. The minimum absolute atomic E-state index is 0.00869. The van der Waals surface area contributed by atoms with Crippen molar-refractivity contribution in [2.75, 3.05) is 0 Å². The van der Waals surface area contributed by atoms with Gasteiger partial charge in [-0.05, 0) is 49.8 Å². The fourth-order valence-electron chi connectivity index (χ4n) is 2.42. The summed E-state index contributed by atoms with van der Waals surface area (Å²) < 4.78 is 27.3. The van der Waals surface area contributed by atoms with Gasteiger partial charge in [0.15, 0.2) is 0 Å². The molecule has 1 aromatic rings. The van der Waals surface area contributed by atoms with Crippen LogP contribution in [0.25, 0.3) is 0 Å². The van der Waals surface area contributed by atoms with Crippen molar-refractivity contribution in [1.29, 1.82) is 5.26 Å². The SMILES string of the molecule is CC1CCC(NS(=O)(=O)c2ccc(C#N)c(Cl)c2)CC1. The highest BCUT2D eigenvalue weighted by atomic mass is 35.5. The van der Waals surface area contributed by atoms with Crippen molar-refractivity contribution in [3.05, 3.63) is 28.8 Å². The molecule has 1 aromatic carbocycles. The van der Waals surface area contributed by atoms with Crippen LogP contribution in [0.5, 0.6) is 0 Å².